The van der Waals surface area contributed by atoms with Crippen LogP contribution in [0.5, 0.6) is 11.5 Å². The summed E-state index contributed by atoms with van der Waals surface area (Å²) in [5.41, 5.74) is 2.80. The number of nitrogens with one attached hydrogen (secondary N) is 1. The highest BCUT2D eigenvalue weighted by atomic mass is 32.1. The molecule has 0 saturated carbocycles. The largest absolute Gasteiger partial charge is 0.497 e. The molecule has 0 radical (unpaired) electrons. The van der Waals surface area contributed by atoms with Crippen LogP contribution in [0.25, 0.3) is 0 Å². The molecule has 7 heteroatoms. The average molecular weight is 410 g/mol. The molecule has 3 aromatic rings. The molecular weight excluding hydrogens is 386 g/mol. The lowest BCUT2D eigenvalue weighted by Gasteiger charge is -2.25. The lowest BCUT2D eigenvalue weighted by Crippen LogP contribution is -2.29. The predicted molar refractivity (Wildman–Crippen MR) is 114 cm³/mol. The Bertz CT molecular complexity index is 1000. The van der Waals surface area contributed by atoms with E-state index in [1.165, 1.54) is 21.8 Å². The molecule has 0 atom stereocenters. The molecule has 1 N–H and O–H groups in total. The molecule has 29 heavy (non-hydrogen) atoms. The van der Waals surface area contributed by atoms with Gasteiger partial charge in [-0.1, -0.05) is 30.3 Å². The van der Waals surface area contributed by atoms with Crippen molar-refractivity contribution in [3.05, 3.63) is 70.2 Å². The number of methoxy groups -OCH3 is 2. The van der Waals surface area contributed by atoms with E-state index in [2.05, 4.69) is 39.5 Å². The van der Waals surface area contributed by atoms with Gasteiger partial charge < -0.3 is 9.47 Å². The Labute approximate surface area is 174 Å². The van der Waals surface area contributed by atoms with Crippen molar-refractivity contribution in [3.63, 3.8) is 0 Å². The Morgan fingerprint density at radius 2 is 2.00 bits per heavy atom. The first-order valence-corrected chi connectivity index (χ1v) is 10.3. The smallest absolute Gasteiger partial charge is 0.261 e. The fourth-order valence-corrected chi connectivity index (χ4v) is 4.48. The summed E-state index contributed by atoms with van der Waals surface area (Å²) in [5.74, 6) is 0.845. The highest BCUT2D eigenvalue weighted by molar-refractivity contribution is 7.15. The number of carbonyl (C=O) groups excluding carboxylic acids is 1. The van der Waals surface area contributed by atoms with Crippen molar-refractivity contribution in [2.24, 2.45) is 0 Å². The minimum Gasteiger partial charge on any atom is -0.497 e. The lowest BCUT2D eigenvalue weighted by molar-refractivity contribution is 0.102. The van der Waals surface area contributed by atoms with E-state index in [1.54, 1.807) is 32.4 Å². The van der Waals surface area contributed by atoms with Gasteiger partial charge in [-0.3, -0.25) is 15.0 Å². The number of ether oxygens (including phenoxy) is 2. The Kier molecular flexibility index (Phi) is 5.78. The molecule has 1 aromatic heterocycles. The van der Waals surface area contributed by atoms with Crippen molar-refractivity contribution >= 4 is 22.4 Å². The highest BCUT2D eigenvalue weighted by Crippen LogP contribution is 2.30. The van der Waals surface area contributed by atoms with Gasteiger partial charge in [0.2, 0.25) is 0 Å². The van der Waals surface area contributed by atoms with E-state index < -0.39 is 0 Å². The molecule has 1 aliphatic rings. The maximum absolute atomic E-state index is 12.8. The highest BCUT2D eigenvalue weighted by Gasteiger charge is 2.22. The topological polar surface area (TPSA) is 63.7 Å². The van der Waals surface area contributed by atoms with Gasteiger partial charge in [-0.05, 0) is 23.8 Å². The van der Waals surface area contributed by atoms with Crippen LogP contribution in [0.4, 0.5) is 5.13 Å². The van der Waals surface area contributed by atoms with Crippen LogP contribution in [0.3, 0.4) is 0 Å². The van der Waals surface area contributed by atoms with Crippen LogP contribution in [0.15, 0.2) is 48.5 Å². The number of benzene rings is 2. The molecule has 2 heterocycles. The van der Waals surface area contributed by atoms with Crippen LogP contribution in [-0.4, -0.2) is 36.6 Å². The molecule has 0 unspecified atom stereocenters. The summed E-state index contributed by atoms with van der Waals surface area (Å²) in [4.78, 5) is 21.1. The number of rotatable bonds is 6. The van der Waals surface area contributed by atoms with Gasteiger partial charge in [-0.25, -0.2) is 4.98 Å². The Balaban J connectivity index is 1.46. The third-order valence-corrected chi connectivity index (χ3v) is 5.93. The van der Waals surface area contributed by atoms with Gasteiger partial charge in [0.15, 0.2) is 5.13 Å². The average Bonchev–Trinajstić information content (AvgIpc) is 3.15. The van der Waals surface area contributed by atoms with E-state index in [0.29, 0.717) is 22.2 Å². The molecule has 1 aliphatic heterocycles. The number of thiazole rings is 1. The zero-order valence-corrected chi connectivity index (χ0v) is 17.3. The Morgan fingerprint density at radius 3 is 2.76 bits per heavy atom. The van der Waals surface area contributed by atoms with Crippen molar-refractivity contribution in [1.29, 1.82) is 0 Å². The number of aromatic nitrogens is 1. The first-order chi connectivity index (χ1) is 14.2. The zero-order chi connectivity index (χ0) is 20.2. The van der Waals surface area contributed by atoms with Crippen LogP contribution in [0, 0.1) is 0 Å². The van der Waals surface area contributed by atoms with Crippen LogP contribution < -0.4 is 14.8 Å². The SMILES string of the molecule is COc1ccc(OC)c(C(=O)Nc2nc3c(s2)CN(Cc2ccccc2)CC3)c1. The van der Waals surface area contributed by atoms with Crippen molar-refractivity contribution in [2.45, 2.75) is 19.5 Å². The molecule has 150 valence electrons. The maximum Gasteiger partial charge on any atom is 0.261 e. The summed E-state index contributed by atoms with van der Waals surface area (Å²) in [6.07, 6.45) is 0.886. The molecule has 0 aliphatic carbocycles. The summed E-state index contributed by atoms with van der Waals surface area (Å²) >= 11 is 1.54. The molecule has 0 bridgehead atoms. The number of hydrogen-bond acceptors (Lipinski definition) is 6. The van der Waals surface area contributed by atoms with Crippen LogP contribution in [0.2, 0.25) is 0 Å². The van der Waals surface area contributed by atoms with E-state index in [9.17, 15) is 4.79 Å². The van der Waals surface area contributed by atoms with Gasteiger partial charge >= 0.3 is 0 Å². The van der Waals surface area contributed by atoms with E-state index in [4.69, 9.17) is 9.47 Å². The van der Waals surface area contributed by atoms with Crippen molar-refractivity contribution in [1.82, 2.24) is 9.88 Å². The van der Waals surface area contributed by atoms with E-state index in [0.717, 1.165) is 31.7 Å². The first-order valence-electron chi connectivity index (χ1n) is 9.44. The molecule has 0 spiro atoms. The first kappa shape index (κ1) is 19.4. The lowest BCUT2D eigenvalue weighted by atomic mass is 10.1. The number of fused-ring (bicyclic) bond motifs is 1. The van der Waals surface area contributed by atoms with Gasteiger partial charge in [0.25, 0.3) is 5.91 Å². The number of nitrogens with zero attached hydrogens (tertiary/aromatic N) is 2. The third kappa shape index (κ3) is 4.41. The van der Waals surface area contributed by atoms with E-state index in [1.807, 2.05) is 6.07 Å². The van der Waals surface area contributed by atoms with Crippen LogP contribution in [-0.2, 0) is 19.5 Å². The zero-order valence-electron chi connectivity index (χ0n) is 16.5. The standard InChI is InChI=1S/C22H23N3O3S/c1-27-16-8-9-19(28-2)17(12-16)21(26)24-22-23-18-10-11-25(14-20(18)29-22)13-15-6-4-3-5-7-15/h3-9,12H,10-11,13-14H2,1-2H3,(H,23,24,26). The fourth-order valence-electron chi connectivity index (χ4n) is 3.43. The van der Waals surface area contributed by atoms with Crippen molar-refractivity contribution < 1.29 is 14.3 Å². The molecule has 0 fully saturated rings. The van der Waals surface area contributed by atoms with Gasteiger partial charge in [-0.2, -0.15) is 0 Å². The molecule has 1 amide bonds. The quantitative estimate of drug-likeness (QED) is 0.667. The molecular formula is C22H23N3O3S. The fraction of sp³-hybridized carbons (Fsp3) is 0.273. The molecule has 0 saturated heterocycles. The second-order valence-electron chi connectivity index (χ2n) is 6.86. The van der Waals surface area contributed by atoms with Gasteiger partial charge in [0.05, 0.1) is 25.5 Å². The second kappa shape index (κ2) is 8.63. The molecule has 2 aromatic carbocycles. The molecule has 6 nitrogen and oxygen atoms in total. The monoisotopic (exact) mass is 409 g/mol. The number of anilines is 1. The van der Waals surface area contributed by atoms with Crippen molar-refractivity contribution in [2.75, 3.05) is 26.1 Å². The summed E-state index contributed by atoms with van der Waals surface area (Å²) < 4.78 is 10.5. The molecule has 4 rings (SSSR count). The predicted octanol–water partition coefficient (Wildman–Crippen LogP) is 3.97. The Hall–Kier alpha value is -2.90. The summed E-state index contributed by atoms with van der Waals surface area (Å²) in [6, 6.07) is 15.6. The van der Waals surface area contributed by atoms with E-state index in [-0.39, 0.29) is 5.91 Å². The third-order valence-electron chi connectivity index (χ3n) is 4.93. The van der Waals surface area contributed by atoms with Crippen molar-refractivity contribution in [3.8, 4) is 11.5 Å². The minimum atomic E-state index is -0.256. The maximum atomic E-state index is 12.8. The second-order valence-corrected chi connectivity index (χ2v) is 7.94. The van der Waals surface area contributed by atoms with Gasteiger partial charge in [0, 0.05) is 30.9 Å². The normalized spacial score (nSPS) is 13.6. The number of amides is 1. The van der Waals surface area contributed by atoms with E-state index >= 15 is 0 Å². The minimum absolute atomic E-state index is 0.256. The van der Waals surface area contributed by atoms with Crippen LogP contribution >= 0.6 is 11.3 Å². The van der Waals surface area contributed by atoms with Gasteiger partial charge in [-0.15, -0.1) is 11.3 Å². The summed E-state index contributed by atoms with van der Waals surface area (Å²) in [7, 11) is 3.11. The number of carbonyl (C=O) groups is 1. The number of hydrogen-bond donors (Lipinski definition) is 1. The summed E-state index contributed by atoms with van der Waals surface area (Å²) in [5, 5.41) is 3.54. The summed E-state index contributed by atoms with van der Waals surface area (Å²) in [6.45, 7) is 2.73. The van der Waals surface area contributed by atoms with Crippen LogP contribution in [0.1, 0.15) is 26.5 Å². The Morgan fingerprint density at radius 1 is 1.17 bits per heavy atom. The van der Waals surface area contributed by atoms with Gasteiger partial charge in [0.1, 0.15) is 11.5 Å².